The van der Waals surface area contributed by atoms with Crippen LogP contribution in [0.3, 0.4) is 0 Å². The van der Waals surface area contributed by atoms with Gasteiger partial charge in [0.05, 0.1) is 0 Å². The number of amides is 1. The third kappa shape index (κ3) is 4.20. The molecule has 1 saturated heterocycles. The van der Waals surface area contributed by atoms with E-state index in [1.165, 1.54) is 6.92 Å². The van der Waals surface area contributed by atoms with Crippen molar-refractivity contribution in [3.8, 4) is 0 Å². The predicted molar refractivity (Wildman–Crippen MR) is 80.4 cm³/mol. The van der Waals surface area contributed by atoms with Gasteiger partial charge >= 0.3 is 0 Å². The van der Waals surface area contributed by atoms with E-state index in [-0.39, 0.29) is 24.4 Å². The highest BCUT2D eigenvalue weighted by atomic mass is 35.5. The Kier molecular flexibility index (Phi) is 5.79. The Labute approximate surface area is 120 Å². The number of hydrogen-bond acceptors (Lipinski definition) is 3. The van der Waals surface area contributed by atoms with E-state index >= 15 is 0 Å². The molecule has 1 aliphatic heterocycles. The average Bonchev–Trinajstić information content (AvgIpc) is 2.60. The zero-order valence-electron chi connectivity index (χ0n) is 11.4. The first-order chi connectivity index (χ1) is 8.56. The third-order valence-electron chi connectivity index (χ3n) is 3.47. The van der Waals surface area contributed by atoms with Gasteiger partial charge in [0.25, 0.3) is 0 Å². The van der Waals surface area contributed by atoms with Crippen molar-refractivity contribution in [2.75, 3.05) is 18.4 Å². The first-order valence-corrected chi connectivity index (χ1v) is 6.39. The number of nitrogens with one attached hydrogen (secondary N) is 1. The fourth-order valence-electron chi connectivity index (χ4n) is 2.44. The molecule has 2 unspecified atom stereocenters. The average molecular weight is 284 g/mol. The lowest BCUT2D eigenvalue weighted by molar-refractivity contribution is -0.114. The molecular weight excluding hydrogens is 262 g/mol. The molecule has 1 heterocycles. The molecule has 3 N–H and O–H groups in total. The summed E-state index contributed by atoms with van der Waals surface area (Å²) >= 11 is 0. The van der Waals surface area contributed by atoms with Gasteiger partial charge < -0.3 is 11.1 Å². The molecule has 4 nitrogen and oxygen atoms in total. The van der Waals surface area contributed by atoms with Crippen LogP contribution in [0.25, 0.3) is 0 Å². The van der Waals surface area contributed by atoms with Gasteiger partial charge in [-0.05, 0) is 17.5 Å². The molecule has 2 atom stereocenters. The lowest BCUT2D eigenvalue weighted by Crippen LogP contribution is -2.28. The van der Waals surface area contributed by atoms with Crippen molar-refractivity contribution >= 4 is 24.0 Å². The molecule has 0 saturated carbocycles. The second-order valence-electron chi connectivity index (χ2n) is 5.17. The summed E-state index contributed by atoms with van der Waals surface area (Å²) in [6, 6.07) is 8.20. The summed E-state index contributed by atoms with van der Waals surface area (Å²) in [7, 11) is 0. The Morgan fingerprint density at radius 2 is 2.11 bits per heavy atom. The van der Waals surface area contributed by atoms with Crippen molar-refractivity contribution in [1.29, 1.82) is 0 Å². The number of rotatable bonds is 3. The number of nitrogens with zero attached hydrogens (tertiary/aromatic N) is 1. The van der Waals surface area contributed by atoms with Crippen molar-refractivity contribution in [3.63, 3.8) is 0 Å². The lowest BCUT2D eigenvalue weighted by atomic mass is 10.1. The first kappa shape index (κ1) is 16.0. The van der Waals surface area contributed by atoms with E-state index in [2.05, 4.69) is 23.2 Å². The Bertz CT molecular complexity index is 428. The number of nitrogens with two attached hydrogens (primary N) is 1. The highest BCUT2D eigenvalue weighted by molar-refractivity contribution is 5.89. The van der Waals surface area contributed by atoms with Gasteiger partial charge in [-0.2, -0.15) is 0 Å². The second-order valence-corrected chi connectivity index (χ2v) is 5.17. The molecule has 106 valence electrons. The van der Waals surface area contributed by atoms with Gasteiger partial charge in [-0.3, -0.25) is 9.69 Å². The maximum Gasteiger partial charge on any atom is 0.221 e. The molecule has 1 aromatic carbocycles. The van der Waals surface area contributed by atoms with Crippen molar-refractivity contribution < 1.29 is 4.79 Å². The molecule has 1 fully saturated rings. The molecule has 0 aliphatic carbocycles. The summed E-state index contributed by atoms with van der Waals surface area (Å²) in [4.78, 5) is 13.5. The molecular formula is C14H22ClN3O. The number of para-hydroxylation sites is 1. The van der Waals surface area contributed by atoms with Crippen LogP contribution in [0.15, 0.2) is 24.3 Å². The smallest absolute Gasteiger partial charge is 0.221 e. The van der Waals surface area contributed by atoms with E-state index in [1.807, 2.05) is 18.2 Å². The van der Waals surface area contributed by atoms with Gasteiger partial charge in [0.1, 0.15) is 0 Å². The van der Waals surface area contributed by atoms with Crippen LogP contribution in [0.2, 0.25) is 0 Å². The van der Waals surface area contributed by atoms with Crippen molar-refractivity contribution in [2.24, 2.45) is 11.7 Å². The number of carbonyl (C=O) groups is 1. The molecule has 0 aromatic heterocycles. The van der Waals surface area contributed by atoms with E-state index in [9.17, 15) is 4.79 Å². The monoisotopic (exact) mass is 283 g/mol. The van der Waals surface area contributed by atoms with Crippen LogP contribution in [-0.4, -0.2) is 29.9 Å². The maximum absolute atomic E-state index is 11.2. The van der Waals surface area contributed by atoms with E-state index in [0.717, 1.165) is 30.9 Å². The predicted octanol–water partition coefficient (Wildman–Crippen LogP) is 1.85. The Balaban J connectivity index is 0.00000180. The van der Waals surface area contributed by atoms with Gasteiger partial charge in [0.15, 0.2) is 0 Å². The summed E-state index contributed by atoms with van der Waals surface area (Å²) in [6.45, 7) is 6.51. The van der Waals surface area contributed by atoms with Crippen LogP contribution in [0.4, 0.5) is 5.69 Å². The topological polar surface area (TPSA) is 58.4 Å². The van der Waals surface area contributed by atoms with E-state index in [1.54, 1.807) is 0 Å². The molecule has 1 aromatic rings. The highest BCUT2D eigenvalue weighted by Crippen LogP contribution is 2.21. The van der Waals surface area contributed by atoms with Gasteiger partial charge in [-0.15, -0.1) is 12.4 Å². The Morgan fingerprint density at radius 3 is 2.68 bits per heavy atom. The minimum absolute atomic E-state index is 0. The lowest BCUT2D eigenvalue weighted by Gasteiger charge is -2.18. The molecule has 0 bridgehead atoms. The summed E-state index contributed by atoms with van der Waals surface area (Å²) in [5.74, 6) is 0.506. The normalized spacial score (nSPS) is 22.9. The van der Waals surface area contributed by atoms with Gasteiger partial charge in [0.2, 0.25) is 5.91 Å². The quantitative estimate of drug-likeness (QED) is 0.890. The molecule has 0 radical (unpaired) electrons. The highest BCUT2D eigenvalue weighted by Gasteiger charge is 2.26. The summed E-state index contributed by atoms with van der Waals surface area (Å²) in [5.41, 5.74) is 8.08. The number of anilines is 1. The summed E-state index contributed by atoms with van der Waals surface area (Å²) < 4.78 is 0. The van der Waals surface area contributed by atoms with E-state index in [0.29, 0.717) is 5.92 Å². The zero-order valence-corrected chi connectivity index (χ0v) is 12.2. The fourth-order valence-corrected chi connectivity index (χ4v) is 2.44. The largest absolute Gasteiger partial charge is 0.326 e. The zero-order chi connectivity index (χ0) is 13.1. The van der Waals surface area contributed by atoms with Gasteiger partial charge in [-0.1, -0.05) is 25.1 Å². The standard InChI is InChI=1S/C14H21N3O.ClH/c1-10-7-17(9-13(10)15)8-12-5-3-4-6-14(12)16-11(2)18;/h3-6,10,13H,7-9,15H2,1-2H3,(H,16,18);1H. The number of likely N-dealkylation sites (tertiary alicyclic amines) is 1. The molecule has 2 rings (SSSR count). The maximum atomic E-state index is 11.2. The minimum Gasteiger partial charge on any atom is -0.326 e. The van der Waals surface area contributed by atoms with Crippen LogP contribution in [0.1, 0.15) is 19.4 Å². The van der Waals surface area contributed by atoms with E-state index in [4.69, 9.17) is 5.73 Å². The number of halogens is 1. The van der Waals surface area contributed by atoms with Crippen LogP contribution < -0.4 is 11.1 Å². The minimum atomic E-state index is -0.0334. The van der Waals surface area contributed by atoms with Crippen LogP contribution in [0.5, 0.6) is 0 Å². The fraction of sp³-hybridized carbons (Fsp3) is 0.500. The SMILES string of the molecule is CC(=O)Nc1ccccc1CN1CC(C)C(N)C1.Cl. The number of hydrogen-bond donors (Lipinski definition) is 2. The number of benzene rings is 1. The summed E-state index contributed by atoms with van der Waals surface area (Å²) in [6.07, 6.45) is 0. The first-order valence-electron chi connectivity index (χ1n) is 6.39. The molecule has 1 amide bonds. The molecule has 19 heavy (non-hydrogen) atoms. The van der Waals surface area contributed by atoms with Gasteiger partial charge in [0, 0.05) is 38.3 Å². The van der Waals surface area contributed by atoms with E-state index < -0.39 is 0 Å². The molecule has 1 aliphatic rings. The Hall–Kier alpha value is -1.10. The Morgan fingerprint density at radius 1 is 1.42 bits per heavy atom. The van der Waals surface area contributed by atoms with Crippen molar-refractivity contribution in [2.45, 2.75) is 26.4 Å². The second kappa shape index (κ2) is 6.89. The third-order valence-corrected chi connectivity index (χ3v) is 3.47. The molecule has 5 heteroatoms. The van der Waals surface area contributed by atoms with Crippen molar-refractivity contribution in [3.05, 3.63) is 29.8 Å². The van der Waals surface area contributed by atoms with Crippen LogP contribution in [-0.2, 0) is 11.3 Å². The summed E-state index contributed by atoms with van der Waals surface area (Å²) in [5, 5.41) is 2.87. The van der Waals surface area contributed by atoms with Crippen LogP contribution >= 0.6 is 12.4 Å². The number of carbonyl (C=O) groups excluding carboxylic acids is 1. The van der Waals surface area contributed by atoms with Gasteiger partial charge in [-0.25, -0.2) is 0 Å². The molecule has 0 spiro atoms. The van der Waals surface area contributed by atoms with Crippen molar-refractivity contribution in [1.82, 2.24) is 4.90 Å². The van der Waals surface area contributed by atoms with Crippen LogP contribution in [0, 0.1) is 5.92 Å².